The van der Waals surface area contributed by atoms with Crippen LogP contribution in [-0.2, 0) is 17.2 Å². The lowest BCUT2D eigenvalue weighted by Crippen LogP contribution is -2.48. The Morgan fingerprint density at radius 1 is 1.00 bits per heavy atom. The number of carbonyl (C=O) groups excluding carboxylic acids is 2. The molecule has 0 saturated carbocycles. The highest BCUT2D eigenvalue weighted by Crippen LogP contribution is 2.23. The van der Waals surface area contributed by atoms with Crippen molar-refractivity contribution in [3.05, 3.63) is 75.7 Å². The van der Waals surface area contributed by atoms with Gasteiger partial charge in [-0.25, -0.2) is 9.67 Å². The molecule has 0 radical (unpaired) electrons. The Bertz CT molecular complexity index is 1470. The number of ether oxygens (including phenoxy) is 1. The van der Waals surface area contributed by atoms with Gasteiger partial charge in [-0.3, -0.25) is 14.4 Å². The number of morpholine rings is 1. The molecule has 0 spiro atoms. The molecule has 0 unspecified atom stereocenters. The predicted octanol–water partition coefficient (Wildman–Crippen LogP) is 3.09. The third-order valence-electron chi connectivity index (χ3n) is 7.72. The number of piperidine rings is 1. The summed E-state index contributed by atoms with van der Waals surface area (Å²) in [4.78, 5) is 46.8. The second-order valence-electron chi connectivity index (χ2n) is 11.9. The summed E-state index contributed by atoms with van der Waals surface area (Å²) in [7, 11) is 1.61. The fourth-order valence-corrected chi connectivity index (χ4v) is 5.21. The quantitative estimate of drug-likeness (QED) is 0.462. The van der Waals surface area contributed by atoms with Crippen LogP contribution in [0.4, 0.5) is 17.3 Å². The third kappa shape index (κ3) is 6.79. The van der Waals surface area contributed by atoms with Crippen molar-refractivity contribution < 1.29 is 14.3 Å². The SMILES string of the molecule is Cn1nc(N2CCC[C@@H](NC(=O)c3ccc(C(C)(C)C)cc3)C2)cc(Nc2ccc(C(=O)N3CCOCC3)cn2)c1=O. The summed E-state index contributed by atoms with van der Waals surface area (Å²) in [6, 6.07) is 12.8. The van der Waals surface area contributed by atoms with Crippen LogP contribution in [0.15, 0.2) is 53.5 Å². The van der Waals surface area contributed by atoms with Crippen LogP contribution in [0, 0.1) is 0 Å². The van der Waals surface area contributed by atoms with Crippen molar-refractivity contribution in [2.24, 2.45) is 7.05 Å². The highest BCUT2D eigenvalue weighted by molar-refractivity contribution is 5.95. The van der Waals surface area contributed by atoms with Crippen molar-refractivity contribution in [2.45, 2.75) is 45.1 Å². The third-order valence-corrected chi connectivity index (χ3v) is 7.72. The first-order valence-corrected chi connectivity index (χ1v) is 14.4. The summed E-state index contributed by atoms with van der Waals surface area (Å²) in [6.07, 6.45) is 3.25. The molecule has 11 nitrogen and oxygen atoms in total. The molecular formula is C31H39N7O4. The van der Waals surface area contributed by atoms with E-state index < -0.39 is 0 Å². The van der Waals surface area contributed by atoms with Crippen molar-refractivity contribution in [3.63, 3.8) is 0 Å². The molecule has 0 aliphatic carbocycles. The summed E-state index contributed by atoms with van der Waals surface area (Å²) < 4.78 is 6.62. The standard InChI is InChI=1S/C31H39N7O4/c1-31(2,3)23-10-7-21(8-11-23)28(39)33-24-6-5-13-38(20-24)27-18-25(30(41)36(4)35-27)34-26-12-9-22(19-32-26)29(40)37-14-16-42-17-15-37/h7-12,18-19,24H,5-6,13-17,20H2,1-4H3,(H,32,34)(H,33,39)/t24-/m1/s1. The van der Waals surface area contributed by atoms with Gasteiger partial charge in [0, 0.05) is 57.1 Å². The smallest absolute Gasteiger partial charge is 0.290 e. The van der Waals surface area contributed by atoms with Crippen LogP contribution in [0.25, 0.3) is 0 Å². The summed E-state index contributed by atoms with van der Waals surface area (Å²) in [6.45, 7) is 9.95. The normalized spacial score (nSPS) is 17.6. The molecule has 2 saturated heterocycles. The van der Waals surface area contributed by atoms with Gasteiger partial charge in [0.05, 0.1) is 18.8 Å². The van der Waals surface area contributed by atoms with Crippen molar-refractivity contribution >= 4 is 29.1 Å². The van der Waals surface area contributed by atoms with E-state index in [0.717, 1.165) is 19.4 Å². The molecule has 5 rings (SSSR count). The lowest BCUT2D eigenvalue weighted by Gasteiger charge is -2.34. The summed E-state index contributed by atoms with van der Waals surface area (Å²) >= 11 is 0. The highest BCUT2D eigenvalue weighted by atomic mass is 16.5. The van der Waals surface area contributed by atoms with E-state index in [1.54, 1.807) is 30.1 Å². The van der Waals surface area contributed by atoms with E-state index in [4.69, 9.17) is 4.74 Å². The molecule has 2 aliphatic heterocycles. The van der Waals surface area contributed by atoms with Crippen molar-refractivity contribution in [1.82, 2.24) is 25.0 Å². The van der Waals surface area contributed by atoms with E-state index in [-0.39, 0.29) is 28.8 Å². The van der Waals surface area contributed by atoms with E-state index in [1.807, 2.05) is 24.3 Å². The Morgan fingerprint density at radius 3 is 2.38 bits per heavy atom. The van der Waals surface area contributed by atoms with E-state index in [1.165, 1.54) is 16.4 Å². The number of nitrogens with zero attached hydrogens (tertiary/aromatic N) is 5. The van der Waals surface area contributed by atoms with Gasteiger partial charge in [0.1, 0.15) is 11.5 Å². The largest absolute Gasteiger partial charge is 0.378 e. The number of hydrogen-bond acceptors (Lipinski definition) is 8. The number of amides is 2. The molecule has 2 N–H and O–H groups in total. The molecule has 2 aromatic heterocycles. The molecule has 11 heteroatoms. The van der Waals surface area contributed by atoms with Gasteiger partial charge in [-0.2, -0.15) is 5.10 Å². The molecule has 222 valence electrons. The maximum absolute atomic E-state index is 13.0. The number of carbonyl (C=O) groups is 2. The first-order chi connectivity index (χ1) is 20.1. The molecular weight excluding hydrogens is 534 g/mol. The molecule has 2 aliphatic rings. The second kappa shape index (κ2) is 12.3. The number of anilines is 3. The number of hydrogen-bond donors (Lipinski definition) is 2. The zero-order chi connectivity index (χ0) is 29.9. The van der Waals surface area contributed by atoms with Crippen LogP contribution in [0.1, 0.15) is 59.9 Å². The number of benzene rings is 1. The Morgan fingerprint density at radius 2 is 1.71 bits per heavy atom. The van der Waals surface area contributed by atoms with Gasteiger partial charge in [-0.15, -0.1) is 0 Å². The number of rotatable bonds is 6. The molecule has 3 aromatic rings. The lowest BCUT2D eigenvalue weighted by atomic mass is 9.86. The van der Waals surface area contributed by atoms with Gasteiger partial charge in [0.2, 0.25) is 0 Å². The Balaban J connectivity index is 1.25. The molecule has 2 fully saturated rings. The minimum atomic E-state index is -0.297. The summed E-state index contributed by atoms with van der Waals surface area (Å²) in [5.41, 5.74) is 2.36. The van der Waals surface area contributed by atoms with Gasteiger partial charge in [-0.05, 0) is 48.1 Å². The average molecular weight is 574 g/mol. The van der Waals surface area contributed by atoms with Gasteiger partial charge in [0.25, 0.3) is 17.4 Å². The maximum Gasteiger partial charge on any atom is 0.290 e. The predicted molar refractivity (Wildman–Crippen MR) is 162 cm³/mol. The molecule has 2 amide bonds. The van der Waals surface area contributed by atoms with Gasteiger partial charge >= 0.3 is 0 Å². The molecule has 4 heterocycles. The second-order valence-corrected chi connectivity index (χ2v) is 11.9. The van der Waals surface area contributed by atoms with E-state index in [0.29, 0.717) is 61.3 Å². The maximum atomic E-state index is 13.0. The Labute approximate surface area is 245 Å². The fourth-order valence-electron chi connectivity index (χ4n) is 5.21. The Kier molecular flexibility index (Phi) is 8.58. The monoisotopic (exact) mass is 573 g/mol. The molecule has 1 aromatic carbocycles. The van der Waals surface area contributed by atoms with Gasteiger partial charge in [-0.1, -0.05) is 32.9 Å². The lowest BCUT2D eigenvalue weighted by molar-refractivity contribution is 0.0302. The number of pyridine rings is 1. The number of aromatic nitrogens is 3. The van der Waals surface area contributed by atoms with Crippen molar-refractivity contribution in [2.75, 3.05) is 49.6 Å². The van der Waals surface area contributed by atoms with Crippen LogP contribution in [0.5, 0.6) is 0 Å². The van der Waals surface area contributed by atoms with Gasteiger partial charge < -0.3 is 25.2 Å². The molecule has 0 bridgehead atoms. The Hall–Kier alpha value is -4.25. The summed E-state index contributed by atoms with van der Waals surface area (Å²) in [5, 5.41) is 10.8. The first-order valence-electron chi connectivity index (χ1n) is 14.4. The fraction of sp³-hybridized carbons (Fsp3) is 0.452. The van der Waals surface area contributed by atoms with Crippen LogP contribution in [-0.4, -0.2) is 76.9 Å². The minimum absolute atomic E-state index is 0.0248. The van der Waals surface area contributed by atoms with E-state index in [9.17, 15) is 14.4 Å². The minimum Gasteiger partial charge on any atom is -0.378 e. The zero-order valence-corrected chi connectivity index (χ0v) is 24.7. The number of aryl methyl sites for hydroxylation is 1. The summed E-state index contributed by atoms with van der Waals surface area (Å²) in [5.74, 6) is 0.893. The van der Waals surface area contributed by atoms with Crippen LogP contribution < -0.4 is 21.1 Å². The molecule has 1 atom stereocenters. The highest BCUT2D eigenvalue weighted by Gasteiger charge is 2.25. The topological polar surface area (TPSA) is 122 Å². The molecule has 42 heavy (non-hydrogen) atoms. The average Bonchev–Trinajstić information content (AvgIpc) is 2.99. The zero-order valence-electron chi connectivity index (χ0n) is 24.7. The van der Waals surface area contributed by atoms with Crippen LogP contribution in [0.2, 0.25) is 0 Å². The van der Waals surface area contributed by atoms with Crippen LogP contribution >= 0.6 is 0 Å². The van der Waals surface area contributed by atoms with E-state index in [2.05, 4.69) is 46.4 Å². The van der Waals surface area contributed by atoms with Gasteiger partial charge in [0.15, 0.2) is 5.82 Å². The van der Waals surface area contributed by atoms with Crippen LogP contribution in [0.3, 0.4) is 0 Å². The van der Waals surface area contributed by atoms with Crippen molar-refractivity contribution in [1.29, 1.82) is 0 Å². The van der Waals surface area contributed by atoms with E-state index >= 15 is 0 Å². The first kappa shape index (κ1) is 29.2. The van der Waals surface area contributed by atoms with Crippen molar-refractivity contribution in [3.8, 4) is 0 Å². The number of nitrogens with one attached hydrogen (secondary N) is 2.